The summed E-state index contributed by atoms with van der Waals surface area (Å²) in [5.41, 5.74) is 0.0847. The number of halogens is 3. The van der Waals surface area contributed by atoms with Gasteiger partial charge in [0.25, 0.3) is 0 Å². The first-order valence-corrected chi connectivity index (χ1v) is 7.39. The van der Waals surface area contributed by atoms with Crippen LogP contribution in [0.5, 0.6) is 5.75 Å². The smallest absolute Gasteiger partial charge is 0.156 e. The van der Waals surface area contributed by atoms with E-state index in [1.165, 1.54) is 0 Å². The lowest BCUT2D eigenvalue weighted by Gasteiger charge is -2.31. The van der Waals surface area contributed by atoms with Crippen molar-refractivity contribution in [3.8, 4) is 5.75 Å². The third kappa shape index (κ3) is 5.03. The van der Waals surface area contributed by atoms with Crippen molar-refractivity contribution in [1.82, 2.24) is 5.32 Å². The Hall–Kier alpha value is -0.150. The third-order valence-electron chi connectivity index (χ3n) is 2.85. The van der Waals surface area contributed by atoms with Crippen LogP contribution in [0.1, 0.15) is 27.7 Å². The van der Waals surface area contributed by atoms with Crippen molar-refractivity contribution in [3.63, 3.8) is 0 Å². The molecule has 1 rings (SSSR count). The van der Waals surface area contributed by atoms with Crippen molar-refractivity contribution in [2.24, 2.45) is 5.41 Å². The molecule has 0 aromatic heterocycles. The summed E-state index contributed by atoms with van der Waals surface area (Å²) in [5, 5.41) is 4.77. The van der Waals surface area contributed by atoms with E-state index in [2.05, 4.69) is 33.0 Å². The van der Waals surface area contributed by atoms with Crippen LogP contribution in [0.15, 0.2) is 12.1 Å². The highest BCUT2D eigenvalue weighted by atomic mass is 35.5. The molecule has 5 heteroatoms. The highest BCUT2D eigenvalue weighted by molar-refractivity contribution is 6.40. The molecule has 1 atom stereocenters. The molecule has 108 valence electrons. The van der Waals surface area contributed by atoms with Crippen LogP contribution in [0.3, 0.4) is 0 Å². The molecule has 0 aliphatic carbocycles. The van der Waals surface area contributed by atoms with Crippen molar-refractivity contribution < 1.29 is 4.74 Å². The van der Waals surface area contributed by atoms with Crippen molar-refractivity contribution in [2.75, 3.05) is 13.2 Å². The van der Waals surface area contributed by atoms with E-state index in [1.807, 2.05) is 0 Å². The molecule has 0 aliphatic heterocycles. The van der Waals surface area contributed by atoms with Crippen LogP contribution in [0.25, 0.3) is 0 Å². The summed E-state index contributed by atoms with van der Waals surface area (Å²) in [6.07, 6.45) is 0. The van der Waals surface area contributed by atoms with Gasteiger partial charge in [0.1, 0.15) is 6.61 Å². The number of benzene rings is 1. The van der Waals surface area contributed by atoms with Crippen molar-refractivity contribution in [1.29, 1.82) is 0 Å². The predicted molar refractivity (Wildman–Crippen MR) is 83.9 cm³/mol. The van der Waals surface area contributed by atoms with E-state index in [0.29, 0.717) is 27.4 Å². The molecule has 0 radical (unpaired) electrons. The maximum atomic E-state index is 6.10. The summed E-state index contributed by atoms with van der Waals surface area (Å²) in [6, 6.07) is 3.47. The van der Waals surface area contributed by atoms with Gasteiger partial charge < -0.3 is 10.1 Å². The Labute approximate surface area is 130 Å². The summed E-state index contributed by atoms with van der Waals surface area (Å²) in [7, 11) is 0. The number of rotatable bonds is 5. The lowest BCUT2D eigenvalue weighted by Crippen LogP contribution is -2.44. The second-order valence-electron chi connectivity index (χ2n) is 5.49. The summed E-state index contributed by atoms with van der Waals surface area (Å²) < 4.78 is 5.78. The van der Waals surface area contributed by atoms with Gasteiger partial charge in [0.2, 0.25) is 0 Å². The molecular formula is C14H20Cl3NO. The van der Waals surface area contributed by atoms with Crippen LogP contribution >= 0.6 is 34.8 Å². The predicted octanol–water partition coefficient (Wildman–Crippen LogP) is 5.05. The Bertz CT molecular complexity index is 406. The fourth-order valence-corrected chi connectivity index (χ4v) is 2.62. The van der Waals surface area contributed by atoms with Crippen LogP contribution in [0, 0.1) is 5.41 Å². The molecule has 0 spiro atoms. The number of ether oxygens (including phenoxy) is 1. The standard InChI is InChI=1S/C14H20Cl3NO/c1-5-18-12(14(2,3)4)8-19-13-10(16)6-9(15)7-11(13)17/h6-7,12,18H,5,8H2,1-4H3. The molecule has 0 aliphatic rings. The minimum absolute atomic E-state index is 0.0847. The Kier molecular flexibility index (Phi) is 6.25. The average Bonchev–Trinajstić information content (AvgIpc) is 2.24. The topological polar surface area (TPSA) is 21.3 Å². The van der Waals surface area contributed by atoms with Crippen molar-refractivity contribution >= 4 is 34.8 Å². The Morgan fingerprint density at radius 1 is 1.16 bits per heavy atom. The first kappa shape index (κ1) is 16.9. The van der Waals surface area contributed by atoms with E-state index in [0.717, 1.165) is 6.54 Å². The largest absolute Gasteiger partial charge is 0.489 e. The quantitative estimate of drug-likeness (QED) is 0.818. The Balaban J connectivity index is 2.80. The summed E-state index contributed by atoms with van der Waals surface area (Å²) in [5.74, 6) is 0.486. The normalized spacial score (nSPS) is 13.4. The third-order valence-corrected chi connectivity index (χ3v) is 3.63. The molecule has 1 aromatic rings. The van der Waals surface area contributed by atoms with E-state index >= 15 is 0 Å². The monoisotopic (exact) mass is 323 g/mol. The zero-order chi connectivity index (χ0) is 14.6. The van der Waals surface area contributed by atoms with E-state index < -0.39 is 0 Å². The fourth-order valence-electron chi connectivity index (χ4n) is 1.70. The minimum atomic E-state index is 0.0847. The number of hydrogen-bond donors (Lipinski definition) is 1. The van der Waals surface area contributed by atoms with Crippen molar-refractivity contribution in [3.05, 3.63) is 27.2 Å². The maximum Gasteiger partial charge on any atom is 0.156 e. The summed E-state index contributed by atoms with van der Waals surface area (Å²) in [6.45, 7) is 9.94. The van der Waals surface area contributed by atoms with Gasteiger partial charge in [-0.2, -0.15) is 0 Å². The molecule has 1 aromatic carbocycles. The van der Waals surface area contributed by atoms with Gasteiger partial charge >= 0.3 is 0 Å². The second-order valence-corrected chi connectivity index (χ2v) is 6.74. The molecule has 0 fully saturated rings. The van der Waals surface area contributed by atoms with Crippen LogP contribution in [0.4, 0.5) is 0 Å². The van der Waals surface area contributed by atoms with Crippen molar-refractivity contribution in [2.45, 2.75) is 33.7 Å². The van der Waals surface area contributed by atoms with Crippen LogP contribution in [-0.2, 0) is 0 Å². The van der Waals surface area contributed by atoms with Gasteiger partial charge in [-0.05, 0) is 24.1 Å². The summed E-state index contributed by atoms with van der Waals surface area (Å²) in [4.78, 5) is 0. The van der Waals surface area contributed by atoms with E-state index in [9.17, 15) is 0 Å². The molecule has 0 saturated heterocycles. The minimum Gasteiger partial charge on any atom is -0.489 e. The first-order chi connectivity index (χ1) is 8.75. The molecule has 0 saturated carbocycles. The molecule has 0 heterocycles. The van der Waals surface area contributed by atoms with Gasteiger partial charge in [-0.3, -0.25) is 0 Å². The molecule has 0 bridgehead atoms. The highest BCUT2D eigenvalue weighted by Gasteiger charge is 2.25. The van der Waals surface area contributed by atoms with Crippen LogP contribution in [-0.4, -0.2) is 19.2 Å². The molecule has 0 amide bonds. The number of hydrogen-bond acceptors (Lipinski definition) is 2. The highest BCUT2D eigenvalue weighted by Crippen LogP contribution is 2.36. The van der Waals surface area contributed by atoms with E-state index in [-0.39, 0.29) is 11.5 Å². The first-order valence-electron chi connectivity index (χ1n) is 6.26. The SMILES string of the molecule is CCNC(COc1c(Cl)cc(Cl)cc1Cl)C(C)(C)C. The lowest BCUT2D eigenvalue weighted by atomic mass is 9.87. The van der Waals surface area contributed by atoms with Crippen LogP contribution in [0.2, 0.25) is 15.1 Å². The molecular weight excluding hydrogens is 305 g/mol. The average molecular weight is 325 g/mol. The molecule has 1 unspecified atom stereocenters. The van der Waals surface area contributed by atoms with Gasteiger partial charge in [-0.15, -0.1) is 0 Å². The Morgan fingerprint density at radius 2 is 1.68 bits per heavy atom. The fraction of sp³-hybridized carbons (Fsp3) is 0.571. The molecule has 2 nitrogen and oxygen atoms in total. The maximum absolute atomic E-state index is 6.10. The Morgan fingerprint density at radius 3 is 2.11 bits per heavy atom. The summed E-state index contributed by atoms with van der Waals surface area (Å²) >= 11 is 18.1. The lowest BCUT2D eigenvalue weighted by molar-refractivity contribution is 0.176. The number of nitrogens with one attached hydrogen (secondary N) is 1. The van der Waals surface area contributed by atoms with Gasteiger partial charge in [0.05, 0.1) is 10.0 Å². The van der Waals surface area contributed by atoms with Gasteiger partial charge in [-0.25, -0.2) is 0 Å². The zero-order valence-electron chi connectivity index (χ0n) is 11.7. The molecule has 1 N–H and O–H groups in total. The van der Waals surface area contributed by atoms with Gasteiger partial charge in [0.15, 0.2) is 5.75 Å². The van der Waals surface area contributed by atoms with Crippen LogP contribution < -0.4 is 10.1 Å². The second kappa shape index (κ2) is 7.03. The number of likely N-dealkylation sites (N-methyl/N-ethyl adjacent to an activating group) is 1. The van der Waals surface area contributed by atoms with Gasteiger partial charge in [-0.1, -0.05) is 62.5 Å². The van der Waals surface area contributed by atoms with E-state index in [1.54, 1.807) is 12.1 Å². The van der Waals surface area contributed by atoms with Gasteiger partial charge in [0, 0.05) is 11.1 Å². The van der Waals surface area contributed by atoms with E-state index in [4.69, 9.17) is 39.5 Å². The molecule has 19 heavy (non-hydrogen) atoms. The zero-order valence-corrected chi connectivity index (χ0v) is 14.0.